The zero-order chi connectivity index (χ0) is 28.7. The number of rotatable bonds is 7. The van der Waals surface area contributed by atoms with Gasteiger partial charge < -0.3 is 18.6 Å². The molecule has 6 rings (SSSR count). The van der Waals surface area contributed by atoms with Crippen molar-refractivity contribution < 1.29 is 22.8 Å². The van der Waals surface area contributed by atoms with E-state index in [0.29, 0.717) is 56.9 Å². The molecule has 1 amide bonds. The molecule has 12 heteroatoms. The Morgan fingerprint density at radius 3 is 2.78 bits per heavy atom. The summed E-state index contributed by atoms with van der Waals surface area (Å²) in [5.74, 6) is -0.235. The average Bonchev–Trinajstić information content (AvgIpc) is 3.64. The minimum absolute atomic E-state index is 0.0399. The Balaban J connectivity index is 1.44. The maximum absolute atomic E-state index is 13.8. The number of amides is 1. The zero-order valence-corrected chi connectivity index (χ0v) is 24.4. The zero-order valence-electron chi connectivity index (χ0n) is 22.7. The van der Waals surface area contributed by atoms with E-state index in [9.17, 15) is 13.7 Å². The van der Waals surface area contributed by atoms with Gasteiger partial charge in [0.1, 0.15) is 22.7 Å². The van der Waals surface area contributed by atoms with Gasteiger partial charge in [0.05, 0.1) is 29.2 Å². The Labute approximate surface area is 243 Å². The van der Waals surface area contributed by atoms with E-state index < -0.39 is 11.4 Å². The van der Waals surface area contributed by atoms with Crippen LogP contribution in [-0.2, 0) is 11.4 Å². The number of carbonyl (C=O) groups is 1. The van der Waals surface area contributed by atoms with E-state index in [2.05, 4.69) is 19.9 Å². The SMILES string of the molecule is CNC(=O)c1c(-c2ccc(F)cc2)oc2cc(N(C)SC)c([C@H]3CCCN([S+]([O-])c4cccc5nonc45)C3)cc12. The molecule has 1 N–H and O–H groups in total. The Morgan fingerprint density at radius 2 is 2.02 bits per heavy atom. The first-order valence-electron chi connectivity index (χ1n) is 13.1. The van der Waals surface area contributed by atoms with E-state index in [0.717, 1.165) is 24.1 Å². The molecule has 1 aliphatic rings. The minimum Gasteiger partial charge on any atom is -0.593 e. The molecule has 3 heterocycles. The number of piperidine rings is 1. The lowest BCUT2D eigenvalue weighted by Gasteiger charge is -2.34. The molecule has 212 valence electrons. The predicted octanol–water partition coefficient (Wildman–Crippen LogP) is 5.75. The molecular weight excluding hydrogens is 565 g/mol. The van der Waals surface area contributed by atoms with Gasteiger partial charge in [0.25, 0.3) is 5.91 Å². The smallest absolute Gasteiger partial charge is 0.255 e. The highest BCUT2D eigenvalue weighted by molar-refractivity contribution is 7.99. The molecule has 2 aromatic heterocycles. The number of benzene rings is 3. The van der Waals surface area contributed by atoms with Crippen LogP contribution in [0.3, 0.4) is 0 Å². The second kappa shape index (κ2) is 11.4. The fourth-order valence-corrected chi connectivity index (χ4v) is 7.16. The number of carbonyl (C=O) groups excluding carboxylic acids is 1. The van der Waals surface area contributed by atoms with E-state index in [-0.39, 0.29) is 17.6 Å². The Bertz CT molecular complexity index is 1720. The molecule has 3 aromatic carbocycles. The quantitative estimate of drug-likeness (QED) is 0.186. The number of aromatic nitrogens is 2. The summed E-state index contributed by atoms with van der Waals surface area (Å²) in [7, 11) is 3.56. The van der Waals surface area contributed by atoms with Crippen LogP contribution in [0.25, 0.3) is 33.3 Å². The molecule has 0 saturated carbocycles. The highest BCUT2D eigenvalue weighted by Gasteiger charge is 2.34. The maximum Gasteiger partial charge on any atom is 0.255 e. The average molecular weight is 594 g/mol. The van der Waals surface area contributed by atoms with Gasteiger partial charge in [-0.15, -0.1) is 4.31 Å². The molecular formula is C29H28FN5O4S2. The van der Waals surface area contributed by atoms with Crippen molar-refractivity contribution >= 4 is 56.9 Å². The highest BCUT2D eigenvalue weighted by Crippen LogP contribution is 2.43. The van der Waals surface area contributed by atoms with Crippen LogP contribution >= 0.6 is 11.9 Å². The number of nitrogens with one attached hydrogen (secondary N) is 1. The topological polar surface area (TPSA) is 111 Å². The summed E-state index contributed by atoms with van der Waals surface area (Å²) in [6, 6.07) is 15.3. The van der Waals surface area contributed by atoms with Crippen LogP contribution in [0.2, 0.25) is 0 Å². The Hall–Kier alpha value is -3.58. The van der Waals surface area contributed by atoms with E-state index >= 15 is 0 Å². The summed E-state index contributed by atoms with van der Waals surface area (Å²) in [5.41, 5.74) is 4.62. The molecule has 1 unspecified atom stereocenters. The number of halogens is 1. The van der Waals surface area contributed by atoms with Crippen LogP contribution in [0.5, 0.6) is 0 Å². The molecule has 1 fully saturated rings. The molecule has 0 spiro atoms. The van der Waals surface area contributed by atoms with Crippen LogP contribution in [0, 0.1) is 5.82 Å². The predicted molar refractivity (Wildman–Crippen MR) is 159 cm³/mol. The van der Waals surface area contributed by atoms with Gasteiger partial charge in [-0.25, -0.2) is 9.02 Å². The van der Waals surface area contributed by atoms with Gasteiger partial charge in [0.15, 0.2) is 5.52 Å². The lowest BCUT2D eigenvalue weighted by molar-refractivity contribution is 0.0964. The number of hydrogen-bond donors (Lipinski definition) is 1. The lowest BCUT2D eigenvalue weighted by atomic mass is 9.89. The van der Waals surface area contributed by atoms with E-state index in [4.69, 9.17) is 9.05 Å². The first-order chi connectivity index (χ1) is 19.9. The van der Waals surface area contributed by atoms with Crippen LogP contribution < -0.4 is 9.62 Å². The summed E-state index contributed by atoms with van der Waals surface area (Å²) in [6.07, 6.45) is 3.73. The van der Waals surface area contributed by atoms with Crippen molar-refractivity contribution in [1.82, 2.24) is 19.9 Å². The minimum atomic E-state index is -1.46. The van der Waals surface area contributed by atoms with Crippen LogP contribution in [0.1, 0.15) is 34.7 Å². The van der Waals surface area contributed by atoms with Crippen molar-refractivity contribution in [3.05, 3.63) is 71.5 Å². The summed E-state index contributed by atoms with van der Waals surface area (Å²) in [5, 5.41) is 11.3. The monoisotopic (exact) mass is 593 g/mol. The molecule has 0 aliphatic carbocycles. The third-order valence-electron chi connectivity index (χ3n) is 7.51. The maximum atomic E-state index is 13.8. The van der Waals surface area contributed by atoms with E-state index in [1.807, 2.05) is 29.7 Å². The number of hydrogen-bond acceptors (Lipinski definition) is 9. The van der Waals surface area contributed by atoms with E-state index in [1.54, 1.807) is 49.3 Å². The first kappa shape index (κ1) is 27.6. The van der Waals surface area contributed by atoms with Gasteiger partial charge in [-0.1, -0.05) is 18.0 Å². The second-order valence-corrected chi connectivity index (χ2v) is 12.2. The highest BCUT2D eigenvalue weighted by atomic mass is 32.2. The molecule has 0 radical (unpaired) electrons. The summed E-state index contributed by atoms with van der Waals surface area (Å²) >= 11 is 0.102. The molecule has 0 bridgehead atoms. The molecule has 1 aliphatic heterocycles. The third kappa shape index (κ3) is 5.05. The Kier molecular flexibility index (Phi) is 7.64. The number of furan rings is 1. The molecule has 9 nitrogen and oxygen atoms in total. The number of fused-ring (bicyclic) bond motifs is 2. The fourth-order valence-electron chi connectivity index (χ4n) is 5.41. The molecule has 41 heavy (non-hydrogen) atoms. The van der Waals surface area contributed by atoms with Gasteiger partial charge in [-0.05, 0) is 71.2 Å². The number of anilines is 1. The molecule has 5 aromatic rings. The van der Waals surface area contributed by atoms with Gasteiger partial charge in [-0.2, -0.15) is 0 Å². The normalized spacial score (nSPS) is 16.8. The van der Waals surface area contributed by atoms with Gasteiger partial charge in [0.2, 0.25) is 4.90 Å². The fraction of sp³-hybridized carbons (Fsp3) is 0.276. The molecule has 2 atom stereocenters. The van der Waals surface area contributed by atoms with Gasteiger partial charge >= 0.3 is 0 Å². The Morgan fingerprint density at radius 1 is 1.22 bits per heavy atom. The standard InChI is InChI=1S/C29H28FN5O4S2/c1-31-29(36)26-21-14-20(23(34(2)40-3)15-24(21)38-28(26)17-9-11-19(30)12-10-17)18-6-5-13-35(16-18)41(37)25-8-4-7-22-27(25)33-39-32-22/h4,7-12,14-15,18H,5-6,13,16H2,1-3H3,(H,31,36)/t18-,41?/m0/s1. The van der Waals surface area contributed by atoms with Crippen molar-refractivity contribution in [3.63, 3.8) is 0 Å². The van der Waals surface area contributed by atoms with Gasteiger partial charge in [0, 0.05) is 49.8 Å². The number of nitrogens with zero attached hydrogens (tertiary/aromatic N) is 4. The van der Waals surface area contributed by atoms with Crippen molar-refractivity contribution in [3.8, 4) is 11.3 Å². The van der Waals surface area contributed by atoms with Crippen molar-refractivity contribution in [2.75, 3.05) is 37.7 Å². The lowest BCUT2D eigenvalue weighted by Crippen LogP contribution is -2.39. The third-order valence-corrected chi connectivity index (χ3v) is 9.76. The summed E-state index contributed by atoms with van der Waals surface area (Å²) in [4.78, 5) is 13.7. The summed E-state index contributed by atoms with van der Waals surface area (Å²) in [6.45, 7) is 1.22. The van der Waals surface area contributed by atoms with Gasteiger partial charge in [-0.3, -0.25) is 4.79 Å². The summed E-state index contributed by atoms with van der Waals surface area (Å²) < 4.78 is 42.6. The largest absolute Gasteiger partial charge is 0.593 e. The van der Waals surface area contributed by atoms with E-state index in [1.165, 1.54) is 12.1 Å². The van der Waals surface area contributed by atoms with Crippen molar-refractivity contribution in [2.45, 2.75) is 23.7 Å². The van der Waals surface area contributed by atoms with Crippen molar-refractivity contribution in [2.24, 2.45) is 0 Å². The van der Waals surface area contributed by atoms with Crippen LogP contribution in [-0.4, -0.2) is 58.5 Å². The van der Waals surface area contributed by atoms with Crippen LogP contribution in [0.15, 0.2) is 68.5 Å². The molecule has 1 saturated heterocycles. The first-order valence-corrected chi connectivity index (χ1v) is 15.4. The van der Waals surface area contributed by atoms with Crippen molar-refractivity contribution in [1.29, 1.82) is 0 Å². The second-order valence-electron chi connectivity index (χ2n) is 9.84. The van der Waals surface area contributed by atoms with Crippen LogP contribution in [0.4, 0.5) is 10.1 Å².